The third-order valence-corrected chi connectivity index (χ3v) is 4.17. The predicted octanol–water partition coefficient (Wildman–Crippen LogP) is 5.73. The third kappa shape index (κ3) is 7.47. The minimum atomic E-state index is -0.340. The van der Waals surface area contributed by atoms with Crippen LogP contribution in [0.15, 0.2) is 46.6 Å². The summed E-state index contributed by atoms with van der Waals surface area (Å²) in [7, 11) is 0. The van der Waals surface area contributed by atoms with Crippen LogP contribution >= 0.6 is 0 Å². The first kappa shape index (κ1) is 18.0. The highest BCUT2D eigenvalue weighted by Crippen LogP contribution is 2.21. The zero-order valence-corrected chi connectivity index (χ0v) is 14.4. The molecule has 0 amide bonds. The Labute approximate surface area is 131 Å². The summed E-state index contributed by atoms with van der Waals surface area (Å²) in [5.74, 6) is 0.585. The summed E-state index contributed by atoms with van der Waals surface area (Å²) >= 11 is 0. The molecule has 0 saturated carbocycles. The van der Waals surface area contributed by atoms with E-state index in [9.17, 15) is 5.11 Å². The fourth-order valence-electron chi connectivity index (χ4n) is 2.67. The normalized spacial score (nSPS) is 32.8. The van der Waals surface area contributed by atoms with E-state index in [2.05, 4.69) is 52.8 Å². The number of hydrogen-bond donors (Lipinski definition) is 1. The van der Waals surface area contributed by atoms with Gasteiger partial charge >= 0.3 is 0 Å². The van der Waals surface area contributed by atoms with Crippen molar-refractivity contribution in [2.75, 3.05) is 0 Å². The van der Waals surface area contributed by atoms with E-state index in [-0.39, 0.29) is 6.10 Å². The van der Waals surface area contributed by atoms with Gasteiger partial charge in [0.05, 0.1) is 6.10 Å². The molecule has 1 N–H and O–H groups in total. The molecule has 1 aliphatic carbocycles. The maximum absolute atomic E-state index is 10.1. The standard InChI is InChI=1S/C20H32O/c1-15(2)19-11-9-16(3)7-6-8-17(4)13-20(21)14-18(5)10-12-19/h8-9,11,14-15,20-21H,6-7,10,12-13H2,1-5H3/b16-9-,17-8-,18-14-,19-11+/t20-/m1/s1. The van der Waals surface area contributed by atoms with Crippen molar-refractivity contribution in [1.29, 1.82) is 0 Å². The number of aliphatic hydroxyl groups excluding tert-OH is 1. The topological polar surface area (TPSA) is 20.2 Å². The van der Waals surface area contributed by atoms with Crippen molar-refractivity contribution in [3.63, 3.8) is 0 Å². The highest BCUT2D eigenvalue weighted by molar-refractivity contribution is 5.20. The van der Waals surface area contributed by atoms with Gasteiger partial charge in [0.25, 0.3) is 0 Å². The molecule has 0 heterocycles. The third-order valence-electron chi connectivity index (χ3n) is 4.17. The van der Waals surface area contributed by atoms with Crippen LogP contribution in [-0.2, 0) is 0 Å². The lowest BCUT2D eigenvalue weighted by Crippen LogP contribution is -2.04. The maximum Gasteiger partial charge on any atom is 0.0760 e. The summed E-state index contributed by atoms with van der Waals surface area (Å²) in [5.41, 5.74) is 5.51. The number of rotatable bonds is 1. The van der Waals surface area contributed by atoms with Crippen molar-refractivity contribution in [3.8, 4) is 0 Å². The molecule has 1 rings (SSSR count). The molecule has 0 unspecified atom stereocenters. The van der Waals surface area contributed by atoms with Gasteiger partial charge in [0, 0.05) is 0 Å². The molecule has 0 bridgehead atoms. The molecule has 0 aliphatic heterocycles. The second-order valence-corrected chi connectivity index (χ2v) is 6.78. The Morgan fingerprint density at radius 2 is 1.67 bits per heavy atom. The van der Waals surface area contributed by atoms with E-state index in [1.807, 2.05) is 6.08 Å². The van der Waals surface area contributed by atoms with Crippen molar-refractivity contribution in [1.82, 2.24) is 0 Å². The van der Waals surface area contributed by atoms with E-state index < -0.39 is 0 Å². The van der Waals surface area contributed by atoms with E-state index in [0.717, 1.165) is 32.1 Å². The quantitative estimate of drug-likeness (QED) is 0.611. The van der Waals surface area contributed by atoms with E-state index in [1.54, 1.807) is 0 Å². The first-order valence-electron chi connectivity index (χ1n) is 8.25. The highest BCUT2D eigenvalue weighted by Gasteiger charge is 2.06. The molecular formula is C20H32O. The van der Waals surface area contributed by atoms with Crippen LogP contribution in [0.5, 0.6) is 0 Å². The minimum Gasteiger partial charge on any atom is -0.389 e. The van der Waals surface area contributed by atoms with Crippen molar-refractivity contribution < 1.29 is 5.11 Å². The molecule has 1 aliphatic rings. The molecule has 0 radical (unpaired) electrons. The highest BCUT2D eigenvalue weighted by atomic mass is 16.3. The second-order valence-electron chi connectivity index (χ2n) is 6.78. The number of hydrogen-bond acceptors (Lipinski definition) is 1. The van der Waals surface area contributed by atoms with Gasteiger partial charge in [0.2, 0.25) is 0 Å². The van der Waals surface area contributed by atoms with Gasteiger partial charge in [-0.25, -0.2) is 0 Å². The van der Waals surface area contributed by atoms with E-state index in [0.29, 0.717) is 5.92 Å². The first-order valence-corrected chi connectivity index (χ1v) is 8.25. The second kappa shape index (κ2) is 9.04. The van der Waals surface area contributed by atoms with Crippen LogP contribution in [0.3, 0.4) is 0 Å². The molecule has 0 fully saturated rings. The molecule has 1 atom stereocenters. The number of allylic oxidation sites excluding steroid dienone is 6. The molecule has 0 aromatic heterocycles. The summed E-state index contributed by atoms with van der Waals surface area (Å²) in [6.45, 7) is 11.0. The van der Waals surface area contributed by atoms with Crippen LogP contribution in [0.2, 0.25) is 0 Å². The number of aliphatic hydroxyl groups is 1. The summed E-state index contributed by atoms with van der Waals surface area (Å²) in [4.78, 5) is 0. The maximum atomic E-state index is 10.1. The van der Waals surface area contributed by atoms with E-state index in [4.69, 9.17) is 0 Å². The van der Waals surface area contributed by atoms with Gasteiger partial charge in [-0.1, -0.05) is 60.4 Å². The van der Waals surface area contributed by atoms with Crippen LogP contribution in [0.25, 0.3) is 0 Å². The monoisotopic (exact) mass is 288 g/mol. The molecule has 0 spiro atoms. The van der Waals surface area contributed by atoms with Crippen molar-refractivity contribution in [2.24, 2.45) is 5.92 Å². The van der Waals surface area contributed by atoms with Crippen molar-refractivity contribution in [3.05, 3.63) is 46.6 Å². The van der Waals surface area contributed by atoms with Gasteiger partial charge in [-0.05, 0) is 58.8 Å². The van der Waals surface area contributed by atoms with Gasteiger partial charge in [-0.2, -0.15) is 0 Å². The van der Waals surface area contributed by atoms with Crippen LogP contribution in [-0.4, -0.2) is 11.2 Å². The molecule has 21 heavy (non-hydrogen) atoms. The molecule has 1 nitrogen and oxygen atoms in total. The average Bonchev–Trinajstić information content (AvgIpc) is 2.36. The fraction of sp³-hybridized carbons (Fsp3) is 0.600. The van der Waals surface area contributed by atoms with Crippen LogP contribution in [0.4, 0.5) is 0 Å². The van der Waals surface area contributed by atoms with Crippen LogP contribution < -0.4 is 0 Å². The Morgan fingerprint density at radius 1 is 0.952 bits per heavy atom. The average molecular weight is 288 g/mol. The van der Waals surface area contributed by atoms with Crippen LogP contribution in [0.1, 0.15) is 66.7 Å². The zero-order valence-electron chi connectivity index (χ0n) is 14.4. The van der Waals surface area contributed by atoms with Crippen molar-refractivity contribution in [2.45, 2.75) is 72.8 Å². The van der Waals surface area contributed by atoms with Crippen LogP contribution in [0, 0.1) is 5.92 Å². The molecular weight excluding hydrogens is 256 g/mol. The summed E-state index contributed by atoms with van der Waals surface area (Å²) in [6, 6.07) is 0. The Hall–Kier alpha value is -1.08. The molecule has 118 valence electrons. The Balaban J connectivity index is 2.95. The summed E-state index contributed by atoms with van der Waals surface area (Å²) in [5, 5.41) is 10.1. The molecule has 0 aromatic rings. The Morgan fingerprint density at radius 3 is 2.33 bits per heavy atom. The molecule has 0 saturated heterocycles. The lowest BCUT2D eigenvalue weighted by molar-refractivity contribution is 0.222. The van der Waals surface area contributed by atoms with Crippen molar-refractivity contribution >= 4 is 0 Å². The summed E-state index contributed by atoms with van der Waals surface area (Å²) in [6.07, 6.45) is 13.6. The van der Waals surface area contributed by atoms with E-state index >= 15 is 0 Å². The summed E-state index contributed by atoms with van der Waals surface area (Å²) < 4.78 is 0. The van der Waals surface area contributed by atoms with Gasteiger partial charge in [-0.3, -0.25) is 0 Å². The van der Waals surface area contributed by atoms with Gasteiger partial charge < -0.3 is 5.11 Å². The predicted molar refractivity (Wildman–Crippen MR) is 93.3 cm³/mol. The smallest absolute Gasteiger partial charge is 0.0760 e. The lowest BCUT2D eigenvalue weighted by Gasteiger charge is -2.13. The fourth-order valence-corrected chi connectivity index (χ4v) is 2.67. The first-order chi connectivity index (χ1) is 9.88. The largest absolute Gasteiger partial charge is 0.389 e. The molecule has 0 aromatic carbocycles. The van der Waals surface area contributed by atoms with E-state index in [1.165, 1.54) is 22.3 Å². The Kier molecular flexibility index (Phi) is 7.74. The zero-order chi connectivity index (χ0) is 15.8. The molecule has 1 heteroatoms. The van der Waals surface area contributed by atoms with Gasteiger partial charge in [-0.15, -0.1) is 0 Å². The SMILES string of the molecule is C/C1=C/C=C(/C(C)C)CC/C(C)=C\[C@H](O)C/C(C)=C\CC1. The van der Waals surface area contributed by atoms with Gasteiger partial charge in [0.1, 0.15) is 0 Å². The van der Waals surface area contributed by atoms with Gasteiger partial charge in [0.15, 0.2) is 0 Å². The lowest BCUT2D eigenvalue weighted by atomic mass is 9.94. The minimum absolute atomic E-state index is 0.340. The Bertz CT molecular complexity index is 446.